The summed E-state index contributed by atoms with van der Waals surface area (Å²) in [6.45, 7) is 0. The Morgan fingerprint density at radius 3 is 2.45 bits per heavy atom. The average molecular weight is 310 g/mol. The van der Waals surface area contributed by atoms with E-state index in [2.05, 4.69) is 4.98 Å². The standard InChI is InChI=1S/C14H9Cl2NO3/c15-10-4-11(16)6-12(5-10)20-13-3-9(7-17-8-13)1-2-14(18)19/h1-8H,(H,18,19)/b2-1+. The van der Waals surface area contributed by atoms with Crippen molar-refractivity contribution in [3.8, 4) is 11.5 Å². The molecule has 0 radical (unpaired) electrons. The lowest BCUT2D eigenvalue weighted by Gasteiger charge is -2.06. The maximum atomic E-state index is 10.5. The van der Waals surface area contributed by atoms with Crippen LogP contribution in [0.2, 0.25) is 10.0 Å². The summed E-state index contributed by atoms with van der Waals surface area (Å²) in [7, 11) is 0. The summed E-state index contributed by atoms with van der Waals surface area (Å²) in [5, 5.41) is 9.49. The summed E-state index contributed by atoms with van der Waals surface area (Å²) in [4.78, 5) is 14.4. The van der Waals surface area contributed by atoms with E-state index in [9.17, 15) is 4.79 Å². The molecule has 4 nitrogen and oxygen atoms in total. The number of hydrogen-bond donors (Lipinski definition) is 1. The number of aliphatic carboxylic acids is 1. The molecule has 0 fully saturated rings. The first kappa shape index (κ1) is 14.4. The van der Waals surface area contributed by atoms with E-state index in [1.807, 2.05) is 0 Å². The summed E-state index contributed by atoms with van der Waals surface area (Å²) >= 11 is 11.8. The van der Waals surface area contributed by atoms with E-state index in [1.54, 1.807) is 24.3 Å². The van der Waals surface area contributed by atoms with E-state index in [0.29, 0.717) is 27.1 Å². The highest BCUT2D eigenvalue weighted by Crippen LogP contribution is 2.28. The lowest BCUT2D eigenvalue weighted by Crippen LogP contribution is -1.88. The first-order valence-electron chi connectivity index (χ1n) is 5.53. The highest BCUT2D eigenvalue weighted by Gasteiger charge is 2.02. The fraction of sp³-hybridized carbons (Fsp3) is 0. The maximum Gasteiger partial charge on any atom is 0.328 e. The number of halogens is 2. The molecule has 0 saturated carbocycles. The molecule has 0 atom stereocenters. The Hall–Kier alpha value is -2.04. The zero-order valence-electron chi connectivity index (χ0n) is 10.1. The molecule has 0 spiro atoms. The molecule has 1 heterocycles. The molecule has 0 unspecified atom stereocenters. The molecule has 2 aromatic rings. The minimum absolute atomic E-state index is 0.455. The highest BCUT2D eigenvalue weighted by atomic mass is 35.5. The molecule has 0 aliphatic carbocycles. The Morgan fingerprint density at radius 1 is 1.10 bits per heavy atom. The van der Waals surface area contributed by atoms with Gasteiger partial charge in [-0.05, 0) is 35.9 Å². The molecule has 0 amide bonds. The van der Waals surface area contributed by atoms with Crippen molar-refractivity contribution >= 4 is 35.2 Å². The van der Waals surface area contributed by atoms with E-state index in [-0.39, 0.29) is 0 Å². The van der Waals surface area contributed by atoms with Crippen LogP contribution in [0.25, 0.3) is 6.08 Å². The summed E-state index contributed by atoms with van der Waals surface area (Å²) in [6, 6.07) is 6.49. The van der Waals surface area contributed by atoms with Crippen molar-refractivity contribution in [3.63, 3.8) is 0 Å². The van der Waals surface area contributed by atoms with Gasteiger partial charge in [-0.3, -0.25) is 4.98 Å². The van der Waals surface area contributed by atoms with Gasteiger partial charge in [0.15, 0.2) is 0 Å². The number of hydrogen-bond acceptors (Lipinski definition) is 3. The quantitative estimate of drug-likeness (QED) is 0.856. The molecule has 0 aliphatic rings. The monoisotopic (exact) mass is 309 g/mol. The molecule has 2 rings (SSSR count). The predicted molar refractivity (Wildman–Crippen MR) is 77.4 cm³/mol. The molecule has 1 aromatic heterocycles. The van der Waals surface area contributed by atoms with Crippen molar-refractivity contribution < 1.29 is 14.6 Å². The lowest BCUT2D eigenvalue weighted by atomic mass is 10.2. The number of nitrogens with zero attached hydrogens (tertiary/aromatic N) is 1. The number of benzene rings is 1. The minimum atomic E-state index is -1.03. The zero-order valence-corrected chi connectivity index (χ0v) is 11.6. The van der Waals surface area contributed by atoms with E-state index in [1.165, 1.54) is 18.5 Å². The second-order valence-electron chi connectivity index (χ2n) is 3.83. The molecule has 20 heavy (non-hydrogen) atoms. The summed E-state index contributed by atoms with van der Waals surface area (Å²) in [5.41, 5.74) is 0.609. The number of aromatic nitrogens is 1. The van der Waals surface area contributed by atoms with Gasteiger partial charge < -0.3 is 9.84 Å². The summed E-state index contributed by atoms with van der Waals surface area (Å²) in [6.07, 6.45) is 5.48. The van der Waals surface area contributed by atoms with Gasteiger partial charge in [0.1, 0.15) is 11.5 Å². The Bertz CT molecular complexity index is 651. The van der Waals surface area contributed by atoms with Crippen LogP contribution in [0.3, 0.4) is 0 Å². The van der Waals surface area contributed by atoms with Crippen LogP contribution < -0.4 is 4.74 Å². The predicted octanol–water partition coefficient (Wildman–Crippen LogP) is 4.28. The third-order valence-electron chi connectivity index (χ3n) is 2.22. The largest absolute Gasteiger partial charge is 0.478 e. The van der Waals surface area contributed by atoms with Crippen LogP contribution in [0.4, 0.5) is 0 Å². The van der Waals surface area contributed by atoms with Crippen LogP contribution >= 0.6 is 23.2 Å². The van der Waals surface area contributed by atoms with Gasteiger partial charge in [0.05, 0.1) is 6.20 Å². The van der Waals surface area contributed by atoms with Gasteiger partial charge >= 0.3 is 5.97 Å². The second-order valence-corrected chi connectivity index (χ2v) is 4.71. The van der Waals surface area contributed by atoms with Gasteiger partial charge in [-0.1, -0.05) is 23.2 Å². The Morgan fingerprint density at radius 2 is 1.80 bits per heavy atom. The number of ether oxygens (including phenoxy) is 1. The van der Waals surface area contributed by atoms with Crippen LogP contribution in [0.1, 0.15) is 5.56 Å². The fourth-order valence-electron chi connectivity index (χ4n) is 1.47. The first-order valence-corrected chi connectivity index (χ1v) is 6.28. The third-order valence-corrected chi connectivity index (χ3v) is 2.66. The number of carboxylic acids is 1. The van der Waals surface area contributed by atoms with Crippen molar-refractivity contribution in [1.29, 1.82) is 0 Å². The van der Waals surface area contributed by atoms with Crippen LogP contribution in [0.5, 0.6) is 11.5 Å². The maximum absolute atomic E-state index is 10.5. The SMILES string of the molecule is O=C(O)/C=C/c1cncc(Oc2cc(Cl)cc(Cl)c2)c1. The van der Waals surface area contributed by atoms with Crippen molar-refractivity contribution in [2.75, 3.05) is 0 Å². The van der Waals surface area contributed by atoms with Crippen molar-refractivity contribution in [2.24, 2.45) is 0 Å². The van der Waals surface area contributed by atoms with Crippen LogP contribution in [-0.4, -0.2) is 16.1 Å². The van der Waals surface area contributed by atoms with Crippen LogP contribution in [-0.2, 0) is 4.79 Å². The van der Waals surface area contributed by atoms with Gasteiger partial charge in [0.2, 0.25) is 0 Å². The Kier molecular flexibility index (Phi) is 4.61. The Labute approximate surface area is 125 Å². The molecule has 102 valence electrons. The number of carbonyl (C=O) groups is 1. The normalized spacial score (nSPS) is 10.7. The van der Waals surface area contributed by atoms with Gasteiger partial charge in [0.25, 0.3) is 0 Å². The molecule has 1 aromatic carbocycles. The van der Waals surface area contributed by atoms with Crippen LogP contribution in [0.15, 0.2) is 42.7 Å². The average Bonchev–Trinajstić information content (AvgIpc) is 2.35. The molecule has 6 heteroatoms. The summed E-state index contributed by atoms with van der Waals surface area (Å²) < 4.78 is 5.57. The lowest BCUT2D eigenvalue weighted by molar-refractivity contribution is -0.131. The van der Waals surface area contributed by atoms with Crippen molar-refractivity contribution in [1.82, 2.24) is 4.98 Å². The molecule has 0 saturated heterocycles. The minimum Gasteiger partial charge on any atom is -0.478 e. The first-order chi connectivity index (χ1) is 9.52. The smallest absolute Gasteiger partial charge is 0.328 e. The van der Waals surface area contributed by atoms with Crippen molar-refractivity contribution in [3.05, 3.63) is 58.3 Å². The van der Waals surface area contributed by atoms with Gasteiger partial charge in [-0.15, -0.1) is 0 Å². The number of pyridine rings is 1. The van der Waals surface area contributed by atoms with E-state index in [0.717, 1.165) is 6.08 Å². The van der Waals surface area contributed by atoms with Gasteiger partial charge in [-0.25, -0.2) is 4.79 Å². The molecular weight excluding hydrogens is 301 g/mol. The van der Waals surface area contributed by atoms with Gasteiger partial charge in [-0.2, -0.15) is 0 Å². The van der Waals surface area contributed by atoms with Crippen molar-refractivity contribution in [2.45, 2.75) is 0 Å². The van der Waals surface area contributed by atoms with Crippen LogP contribution in [0, 0.1) is 0 Å². The third kappa shape index (κ3) is 4.26. The molecular formula is C14H9Cl2NO3. The number of carboxylic acid groups (broad SMARTS) is 1. The zero-order chi connectivity index (χ0) is 14.5. The molecule has 1 N–H and O–H groups in total. The topological polar surface area (TPSA) is 59.4 Å². The molecule has 0 aliphatic heterocycles. The van der Waals surface area contributed by atoms with E-state index < -0.39 is 5.97 Å². The Balaban J connectivity index is 2.21. The molecule has 0 bridgehead atoms. The van der Waals surface area contributed by atoms with Gasteiger partial charge in [0, 0.05) is 22.3 Å². The fourth-order valence-corrected chi connectivity index (χ4v) is 1.98. The van der Waals surface area contributed by atoms with E-state index >= 15 is 0 Å². The number of rotatable bonds is 4. The van der Waals surface area contributed by atoms with E-state index in [4.69, 9.17) is 33.0 Å². The summed E-state index contributed by atoms with van der Waals surface area (Å²) in [5.74, 6) is -0.0996. The highest BCUT2D eigenvalue weighted by molar-refractivity contribution is 6.34. The second kappa shape index (κ2) is 6.41.